The predicted octanol–water partition coefficient (Wildman–Crippen LogP) is 4.15. The van der Waals surface area contributed by atoms with Gasteiger partial charge in [0.05, 0.1) is 29.5 Å². The van der Waals surface area contributed by atoms with Crippen LogP contribution in [0.1, 0.15) is 16.8 Å². The van der Waals surface area contributed by atoms with Gasteiger partial charge in [0, 0.05) is 24.6 Å². The highest BCUT2D eigenvalue weighted by molar-refractivity contribution is 5.82. The number of carbonyl (C=O) groups excluding carboxylic acids is 2. The molecule has 1 aromatic heterocycles. The standard InChI is InChI=1S/C24H17F5N4O4/c25-13-5-17(21(18(26)6-13)37-23(35)24(27,28)29)19-8-20-22(32-31-19)30-9-14-7-16(10-33(14)20)36-15-3-1-12(11-34)2-4-15/h1-6,8,11,14,16H,7,9-10H2,(H,30,32)/t14-,16-/m1/s1. The van der Waals surface area contributed by atoms with Crippen molar-refractivity contribution in [3.05, 3.63) is 59.7 Å². The number of hydrogen-bond acceptors (Lipinski definition) is 8. The van der Waals surface area contributed by atoms with E-state index < -0.39 is 35.1 Å². The Morgan fingerprint density at radius 2 is 1.86 bits per heavy atom. The fourth-order valence-corrected chi connectivity index (χ4v) is 4.34. The first-order chi connectivity index (χ1) is 17.6. The molecule has 2 aliphatic rings. The second kappa shape index (κ2) is 9.30. The van der Waals surface area contributed by atoms with Gasteiger partial charge in [0.15, 0.2) is 17.4 Å². The van der Waals surface area contributed by atoms with Crippen LogP contribution < -0.4 is 19.7 Å². The molecule has 37 heavy (non-hydrogen) atoms. The fourth-order valence-electron chi connectivity index (χ4n) is 4.34. The molecule has 0 saturated carbocycles. The van der Waals surface area contributed by atoms with E-state index in [0.717, 1.165) is 6.29 Å². The Hall–Kier alpha value is -4.29. The van der Waals surface area contributed by atoms with Crippen molar-refractivity contribution in [3.63, 3.8) is 0 Å². The van der Waals surface area contributed by atoms with E-state index in [9.17, 15) is 31.5 Å². The molecule has 1 saturated heterocycles. The number of fused-ring (bicyclic) bond motifs is 3. The maximum Gasteiger partial charge on any atom is 0.491 e. The van der Waals surface area contributed by atoms with E-state index in [4.69, 9.17) is 4.74 Å². The number of esters is 1. The van der Waals surface area contributed by atoms with Crippen LogP contribution in [0, 0.1) is 11.6 Å². The number of aromatic nitrogens is 2. The molecule has 2 aromatic carbocycles. The SMILES string of the molecule is O=Cc1ccc(O[C@@H]2C[C@@H]3CNc4nnc(-c5cc(F)cc(F)c5OC(=O)C(F)(F)F)cc4N3C2)cc1. The minimum Gasteiger partial charge on any atom is -0.489 e. The third kappa shape index (κ3) is 4.88. The lowest BCUT2D eigenvalue weighted by molar-refractivity contribution is -0.189. The summed E-state index contributed by atoms with van der Waals surface area (Å²) in [5, 5.41) is 11.0. The second-order valence-corrected chi connectivity index (χ2v) is 8.46. The Balaban J connectivity index is 1.44. The molecule has 1 fully saturated rings. The number of nitrogens with zero attached hydrogens (tertiary/aromatic N) is 3. The van der Waals surface area contributed by atoms with Crippen molar-refractivity contribution in [2.75, 3.05) is 23.3 Å². The highest BCUT2D eigenvalue weighted by Gasteiger charge is 2.43. The van der Waals surface area contributed by atoms with E-state index in [0.29, 0.717) is 54.5 Å². The van der Waals surface area contributed by atoms with Crippen molar-refractivity contribution < 1.29 is 41.0 Å². The topological polar surface area (TPSA) is 93.6 Å². The van der Waals surface area contributed by atoms with Crippen LogP contribution >= 0.6 is 0 Å². The van der Waals surface area contributed by atoms with Crippen LogP contribution in [0.25, 0.3) is 11.3 Å². The molecule has 2 aliphatic heterocycles. The number of aldehydes is 1. The molecule has 192 valence electrons. The highest BCUT2D eigenvalue weighted by atomic mass is 19.4. The average molecular weight is 520 g/mol. The van der Waals surface area contributed by atoms with Gasteiger partial charge < -0.3 is 19.7 Å². The van der Waals surface area contributed by atoms with Crippen molar-refractivity contribution in [3.8, 4) is 22.8 Å². The molecule has 13 heteroatoms. The lowest BCUT2D eigenvalue weighted by atomic mass is 10.1. The first-order valence-corrected chi connectivity index (χ1v) is 11.0. The zero-order valence-corrected chi connectivity index (χ0v) is 18.8. The van der Waals surface area contributed by atoms with Gasteiger partial charge in [-0.05, 0) is 36.4 Å². The lowest BCUT2D eigenvalue weighted by Crippen LogP contribution is -2.40. The van der Waals surface area contributed by atoms with Crippen LogP contribution in [0.4, 0.5) is 33.5 Å². The van der Waals surface area contributed by atoms with E-state index in [1.807, 2.05) is 4.90 Å². The molecule has 3 heterocycles. The van der Waals surface area contributed by atoms with Gasteiger partial charge >= 0.3 is 12.1 Å². The van der Waals surface area contributed by atoms with Crippen LogP contribution in [0.15, 0.2) is 42.5 Å². The van der Waals surface area contributed by atoms with Crippen molar-refractivity contribution in [1.29, 1.82) is 0 Å². The summed E-state index contributed by atoms with van der Waals surface area (Å²) in [5.41, 5.74) is 0.295. The Labute approximate surface area is 206 Å². The smallest absolute Gasteiger partial charge is 0.489 e. The number of nitrogens with one attached hydrogen (secondary N) is 1. The molecular formula is C24H17F5N4O4. The zero-order valence-electron chi connectivity index (χ0n) is 18.8. The number of ether oxygens (including phenoxy) is 2. The molecule has 0 unspecified atom stereocenters. The number of hydrogen-bond donors (Lipinski definition) is 1. The molecule has 2 atom stereocenters. The molecule has 3 aromatic rings. The first-order valence-electron chi connectivity index (χ1n) is 11.0. The van der Waals surface area contributed by atoms with Crippen LogP contribution in [0.3, 0.4) is 0 Å². The van der Waals surface area contributed by atoms with Gasteiger partial charge in [-0.3, -0.25) is 4.79 Å². The minimum absolute atomic E-state index is 0.0458. The Bertz CT molecular complexity index is 1370. The first kappa shape index (κ1) is 24.4. The molecule has 0 aliphatic carbocycles. The van der Waals surface area contributed by atoms with Crippen LogP contribution in [0.2, 0.25) is 0 Å². The lowest BCUT2D eigenvalue weighted by Gasteiger charge is -2.33. The molecule has 8 nitrogen and oxygen atoms in total. The second-order valence-electron chi connectivity index (χ2n) is 8.46. The summed E-state index contributed by atoms with van der Waals surface area (Å²) < 4.78 is 76.9. The summed E-state index contributed by atoms with van der Waals surface area (Å²) >= 11 is 0. The van der Waals surface area contributed by atoms with Gasteiger partial charge in [0.25, 0.3) is 0 Å². The summed E-state index contributed by atoms with van der Waals surface area (Å²) in [5.74, 6) is -5.44. The quantitative estimate of drug-likeness (QED) is 0.232. The zero-order chi connectivity index (χ0) is 26.3. The molecule has 5 rings (SSSR count). The van der Waals surface area contributed by atoms with E-state index in [1.54, 1.807) is 24.3 Å². The van der Waals surface area contributed by atoms with Crippen LogP contribution in [-0.2, 0) is 4.79 Å². The third-order valence-corrected chi connectivity index (χ3v) is 5.99. The summed E-state index contributed by atoms with van der Waals surface area (Å²) in [7, 11) is 0. The molecule has 0 spiro atoms. The molecular weight excluding hydrogens is 503 g/mol. The van der Waals surface area contributed by atoms with Crippen LogP contribution in [0.5, 0.6) is 11.5 Å². The number of rotatable bonds is 5. The van der Waals surface area contributed by atoms with E-state index >= 15 is 0 Å². The molecule has 1 N–H and O–H groups in total. The van der Waals surface area contributed by atoms with E-state index in [1.165, 1.54) is 6.07 Å². The highest BCUT2D eigenvalue weighted by Crippen LogP contribution is 2.40. The van der Waals surface area contributed by atoms with E-state index in [-0.39, 0.29) is 17.8 Å². The van der Waals surface area contributed by atoms with Crippen molar-refractivity contribution in [2.45, 2.75) is 24.7 Å². The van der Waals surface area contributed by atoms with Crippen molar-refractivity contribution >= 4 is 23.8 Å². The number of halogens is 5. The van der Waals surface area contributed by atoms with E-state index in [2.05, 4.69) is 20.3 Å². The normalized spacial score (nSPS) is 18.5. The Morgan fingerprint density at radius 3 is 2.57 bits per heavy atom. The van der Waals surface area contributed by atoms with Gasteiger partial charge in [-0.15, -0.1) is 10.2 Å². The molecule has 0 bridgehead atoms. The van der Waals surface area contributed by atoms with Gasteiger partial charge in [-0.1, -0.05) is 0 Å². The Kier molecular flexibility index (Phi) is 6.13. The van der Waals surface area contributed by atoms with Gasteiger partial charge in [0.2, 0.25) is 0 Å². The number of benzene rings is 2. The number of anilines is 2. The van der Waals surface area contributed by atoms with Crippen molar-refractivity contribution in [2.24, 2.45) is 0 Å². The molecule has 0 radical (unpaired) electrons. The summed E-state index contributed by atoms with van der Waals surface area (Å²) in [4.78, 5) is 24.2. The van der Waals surface area contributed by atoms with Gasteiger partial charge in [0.1, 0.15) is 24.0 Å². The summed E-state index contributed by atoms with van der Waals surface area (Å²) in [6.45, 7) is 0.918. The predicted molar refractivity (Wildman–Crippen MR) is 120 cm³/mol. The van der Waals surface area contributed by atoms with Crippen LogP contribution in [-0.4, -0.2) is 53.9 Å². The fraction of sp³-hybridized carbons (Fsp3) is 0.250. The maximum absolute atomic E-state index is 14.4. The largest absolute Gasteiger partial charge is 0.491 e. The third-order valence-electron chi connectivity index (χ3n) is 5.99. The summed E-state index contributed by atoms with van der Waals surface area (Å²) in [6.07, 6.45) is -4.30. The minimum atomic E-state index is -5.39. The molecule has 0 amide bonds. The van der Waals surface area contributed by atoms with Gasteiger partial charge in [-0.2, -0.15) is 13.2 Å². The Morgan fingerprint density at radius 1 is 1.11 bits per heavy atom. The average Bonchev–Trinajstić information content (AvgIpc) is 3.28. The van der Waals surface area contributed by atoms with Crippen molar-refractivity contribution in [1.82, 2.24) is 10.2 Å². The summed E-state index contributed by atoms with van der Waals surface area (Å²) in [6, 6.07) is 8.99. The van der Waals surface area contributed by atoms with Gasteiger partial charge in [-0.25, -0.2) is 13.6 Å². The number of carbonyl (C=O) groups is 2. The number of alkyl halides is 3. The maximum atomic E-state index is 14.4. The monoisotopic (exact) mass is 520 g/mol.